The Hall–Kier alpha value is -3.01. The van der Waals surface area contributed by atoms with Crippen molar-refractivity contribution in [3.63, 3.8) is 0 Å². The third kappa shape index (κ3) is 4.70. The number of methoxy groups -OCH3 is 1. The molecule has 7 rings (SSSR count). The lowest BCUT2D eigenvalue weighted by Gasteiger charge is -2.52. The van der Waals surface area contributed by atoms with Gasteiger partial charge in [0.15, 0.2) is 0 Å². The summed E-state index contributed by atoms with van der Waals surface area (Å²) in [6.45, 7) is 2.38. The highest BCUT2D eigenvalue weighted by molar-refractivity contribution is 5.85. The summed E-state index contributed by atoms with van der Waals surface area (Å²) in [6.07, 6.45) is 7.46. The van der Waals surface area contributed by atoms with Gasteiger partial charge in [-0.25, -0.2) is 14.8 Å². The maximum Gasteiger partial charge on any atom is 0.332 e. The predicted octanol–water partition coefficient (Wildman–Crippen LogP) is 3.54. The van der Waals surface area contributed by atoms with Gasteiger partial charge in [-0.3, -0.25) is 9.88 Å². The Bertz CT molecular complexity index is 1250. The standard InChI is InChI=1S/C26H29N5O4.ClH/c1-33-22-5-4-20-24(30-22)17(8-12-27-20)9-13-31(26-10-6-19(7-11-26)34-16-26)15-18-2-3-21-25(29-18)35-23(32)14-28-21;/h2-5,8,12,19,28H,6-7,9-11,13-16H2,1H3;1H. The summed E-state index contributed by atoms with van der Waals surface area (Å²) in [5.74, 6) is 0.628. The molecule has 0 aromatic carbocycles. The Morgan fingerprint density at radius 2 is 2.03 bits per heavy atom. The van der Waals surface area contributed by atoms with Crippen LogP contribution in [0.15, 0.2) is 36.5 Å². The number of ether oxygens (including phenoxy) is 3. The fourth-order valence-electron chi connectivity index (χ4n) is 5.52. The van der Waals surface area contributed by atoms with Crippen LogP contribution in [-0.2, 0) is 22.5 Å². The van der Waals surface area contributed by atoms with E-state index in [0.717, 1.165) is 73.2 Å². The minimum atomic E-state index is -0.316. The molecule has 4 aliphatic rings. The molecule has 0 spiro atoms. The van der Waals surface area contributed by atoms with E-state index in [1.807, 2.05) is 36.5 Å². The monoisotopic (exact) mass is 511 g/mol. The van der Waals surface area contributed by atoms with E-state index in [4.69, 9.17) is 14.2 Å². The van der Waals surface area contributed by atoms with Crippen LogP contribution in [-0.4, -0.2) is 64.3 Å². The second-order valence-corrected chi connectivity index (χ2v) is 9.58. The minimum absolute atomic E-state index is 0. The number of rotatable bonds is 7. The predicted molar refractivity (Wildman–Crippen MR) is 137 cm³/mol. The van der Waals surface area contributed by atoms with Crippen molar-refractivity contribution in [2.75, 3.05) is 32.1 Å². The lowest BCUT2D eigenvalue weighted by Crippen LogP contribution is -2.59. The summed E-state index contributed by atoms with van der Waals surface area (Å²) in [6, 6.07) is 9.79. The van der Waals surface area contributed by atoms with Crippen LogP contribution in [0.5, 0.6) is 11.8 Å². The number of aromatic nitrogens is 3. The highest BCUT2D eigenvalue weighted by Gasteiger charge is 2.45. The molecular weight excluding hydrogens is 482 g/mol. The van der Waals surface area contributed by atoms with Crippen molar-refractivity contribution in [2.24, 2.45) is 0 Å². The van der Waals surface area contributed by atoms with Gasteiger partial charge in [-0.15, -0.1) is 12.4 Å². The topological polar surface area (TPSA) is 98.7 Å². The number of anilines is 1. The van der Waals surface area contributed by atoms with Crippen molar-refractivity contribution >= 4 is 35.1 Å². The van der Waals surface area contributed by atoms with Gasteiger partial charge in [-0.05, 0) is 61.9 Å². The van der Waals surface area contributed by atoms with Crippen molar-refractivity contribution in [3.05, 3.63) is 47.8 Å². The fourth-order valence-corrected chi connectivity index (χ4v) is 5.52. The van der Waals surface area contributed by atoms with Gasteiger partial charge < -0.3 is 19.5 Å². The number of fused-ring (bicyclic) bond motifs is 5. The van der Waals surface area contributed by atoms with Gasteiger partial charge in [-0.2, -0.15) is 0 Å². The van der Waals surface area contributed by atoms with E-state index in [-0.39, 0.29) is 30.5 Å². The molecule has 0 amide bonds. The zero-order valence-electron chi connectivity index (χ0n) is 20.2. The summed E-state index contributed by atoms with van der Waals surface area (Å²) in [7, 11) is 1.63. The number of carbonyl (C=O) groups is 1. The molecule has 1 aliphatic carbocycles. The van der Waals surface area contributed by atoms with Gasteiger partial charge in [0, 0.05) is 30.9 Å². The molecule has 3 aromatic rings. The van der Waals surface area contributed by atoms with Crippen LogP contribution in [0.1, 0.15) is 36.9 Å². The van der Waals surface area contributed by atoms with Crippen molar-refractivity contribution < 1.29 is 19.0 Å². The summed E-state index contributed by atoms with van der Waals surface area (Å²) in [5, 5.41) is 3.06. The van der Waals surface area contributed by atoms with Gasteiger partial charge >= 0.3 is 5.97 Å². The first-order valence-corrected chi connectivity index (χ1v) is 12.2. The molecule has 0 unspecified atom stereocenters. The van der Waals surface area contributed by atoms with Gasteiger partial charge in [0.05, 0.1) is 42.2 Å². The molecule has 3 fully saturated rings. The minimum Gasteiger partial charge on any atom is -0.481 e. The summed E-state index contributed by atoms with van der Waals surface area (Å²) in [5.41, 5.74) is 4.48. The normalized spacial score (nSPS) is 22.5. The van der Waals surface area contributed by atoms with Crippen molar-refractivity contribution in [1.82, 2.24) is 19.9 Å². The molecule has 2 saturated heterocycles. The Labute approximate surface area is 216 Å². The largest absolute Gasteiger partial charge is 0.481 e. The molecule has 36 heavy (non-hydrogen) atoms. The number of nitrogens with zero attached hydrogens (tertiary/aromatic N) is 4. The number of esters is 1. The van der Waals surface area contributed by atoms with Crippen LogP contribution in [0.2, 0.25) is 0 Å². The Morgan fingerprint density at radius 1 is 1.17 bits per heavy atom. The third-order valence-electron chi connectivity index (χ3n) is 7.53. The summed E-state index contributed by atoms with van der Waals surface area (Å²) >= 11 is 0. The SMILES string of the molecule is COc1ccc2nccc(CCN(Cc3ccc4c(n3)OC(=O)CN4)C34CCC(CC3)OC4)c2n1.Cl. The molecular formula is C26H30ClN5O4. The van der Waals surface area contributed by atoms with E-state index in [9.17, 15) is 4.79 Å². The lowest BCUT2D eigenvalue weighted by atomic mass is 9.76. The zero-order chi connectivity index (χ0) is 23.8. The van der Waals surface area contributed by atoms with E-state index < -0.39 is 0 Å². The smallest absolute Gasteiger partial charge is 0.332 e. The molecule has 3 aromatic heterocycles. The number of halogens is 1. The van der Waals surface area contributed by atoms with Crippen LogP contribution in [0.25, 0.3) is 11.0 Å². The fraction of sp³-hybridized carbons (Fsp3) is 0.462. The van der Waals surface area contributed by atoms with Gasteiger partial charge in [0.25, 0.3) is 0 Å². The van der Waals surface area contributed by atoms with Crippen molar-refractivity contribution in [2.45, 2.75) is 50.3 Å². The van der Waals surface area contributed by atoms with Crippen LogP contribution in [0.3, 0.4) is 0 Å². The molecule has 10 heteroatoms. The highest BCUT2D eigenvalue weighted by atomic mass is 35.5. The Balaban J connectivity index is 0.00000267. The Kier molecular flexibility index (Phi) is 6.96. The maximum atomic E-state index is 11.7. The molecule has 0 atom stereocenters. The molecule has 190 valence electrons. The first-order valence-electron chi connectivity index (χ1n) is 12.2. The molecule has 9 nitrogen and oxygen atoms in total. The van der Waals surface area contributed by atoms with E-state index in [1.165, 1.54) is 0 Å². The van der Waals surface area contributed by atoms with Gasteiger partial charge in [0.2, 0.25) is 11.8 Å². The second-order valence-electron chi connectivity index (χ2n) is 9.58. The molecule has 0 radical (unpaired) electrons. The van der Waals surface area contributed by atoms with Crippen molar-refractivity contribution in [1.29, 1.82) is 0 Å². The average Bonchev–Trinajstić information content (AvgIpc) is 2.91. The number of hydrogen-bond acceptors (Lipinski definition) is 9. The van der Waals surface area contributed by atoms with Crippen LogP contribution >= 0.6 is 12.4 Å². The lowest BCUT2D eigenvalue weighted by molar-refractivity contribution is -0.138. The second kappa shape index (κ2) is 10.2. The van der Waals surface area contributed by atoms with E-state index in [1.54, 1.807) is 7.11 Å². The first-order chi connectivity index (χ1) is 17.1. The zero-order valence-corrected chi connectivity index (χ0v) is 21.1. The first kappa shape index (κ1) is 24.7. The number of carbonyl (C=O) groups excluding carboxylic acids is 1. The third-order valence-corrected chi connectivity index (χ3v) is 7.53. The Morgan fingerprint density at radius 3 is 2.81 bits per heavy atom. The number of nitrogens with one attached hydrogen (secondary N) is 1. The van der Waals surface area contributed by atoms with E-state index >= 15 is 0 Å². The summed E-state index contributed by atoms with van der Waals surface area (Å²) < 4.78 is 16.9. The van der Waals surface area contributed by atoms with E-state index in [0.29, 0.717) is 24.4 Å². The molecule has 6 heterocycles. The van der Waals surface area contributed by atoms with Gasteiger partial charge in [-0.1, -0.05) is 0 Å². The average molecular weight is 512 g/mol. The van der Waals surface area contributed by atoms with Crippen molar-refractivity contribution in [3.8, 4) is 11.8 Å². The molecule has 2 bridgehead atoms. The summed E-state index contributed by atoms with van der Waals surface area (Å²) in [4.78, 5) is 28.1. The quantitative estimate of drug-likeness (QED) is 0.477. The highest BCUT2D eigenvalue weighted by Crippen LogP contribution is 2.41. The number of hydrogen-bond donors (Lipinski definition) is 1. The van der Waals surface area contributed by atoms with Crippen LogP contribution in [0.4, 0.5) is 5.69 Å². The van der Waals surface area contributed by atoms with E-state index in [2.05, 4.69) is 25.2 Å². The number of pyridine rings is 3. The van der Waals surface area contributed by atoms with Gasteiger partial charge in [0.1, 0.15) is 6.54 Å². The molecule has 3 aliphatic heterocycles. The van der Waals surface area contributed by atoms with Crippen LogP contribution in [0, 0.1) is 0 Å². The molecule has 1 N–H and O–H groups in total. The van der Waals surface area contributed by atoms with Crippen LogP contribution < -0.4 is 14.8 Å². The maximum absolute atomic E-state index is 11.7. The molecule has 1 saturated carbocycles.